The van der Waals surface area contributed by atoms with Gasteiger partial charge in [-0.15, -0.1) is 0 Å². The van der Waals surface area contributed by atoms with Gasteiger partial charge in [-0.05, 0) is 56.8 Å². The lowest BCUT2D eigenvalue weighted by molar-refractivity contribution is -0.659. The monoisotopic (exact) mass is 494 g/mol. The van der Waals surface area contributed by atoms with Crippen molar-refractivity contribution in [3.05, 3.63) is 65.5 Å². The highest BCUT2D eigenvalue weighted by molar-refractivity contribution is 8.00. The third-order valence-corrected chi connectivity index (χ3v) is 8.63. The van der Waals surface area contributed by atoms with Crippen molar-refractivity contribution in [2.24, 2.45) is 17.9 Å². The first-order valence-corrected chi connectivity index (χ1v) is 13.8. The predicted molar refractivity (Wildman–Crippen MR) is 153 cm³/mol. The molecule has 0 atom stereocenters. The standard InChI is InChI=1S/C33H36NOS/c1-19-26-21-12-10-9-11-20(21)13-14-22(26)23(17-32(2,3)4)30-27(19)29-28-24(15-16-34(29)8)35-25(31(28)36-30)18-33(5,6)7/h9-16H,17-18H2,1-8H3/q+1. The number of benzene rings is 3. The van der Waals surface area contributed by atoms with Crippen molar-refractivity contribution in [2.45, 2.75) is 71.1 Å². The topological polar surface area (TPSA) is 17.0 Å². The van der Waals surface area contributed by atoms with Crippen LogP contribution in [0.1, 0.15) is 58.4 Å². The molecule has 3 aromatic carbocycles. The molecule has 1 aliphatic heterocycles. The van der Waals surface area contributed by atoms with E-state index in [1.807, 2.05) is 11.8 Å². The van der Waals surface area contributed by atoms with Gasteiger partial charge in [-0.2, -0.15) is 0 Å². The zero-order chi connectivity index (χ0) is 25.6. The van der Waals surface area contributed by atoms with Gasteiger partial charge < -0.3 is 4.42 Å². The molecule has 0 aliphatic carbocycles. The fraction of sp³-hybridized carbons (Fsp3) is 0.364. The highest BCUT2D eigenvalue weighted by atomic mass is 32.2. The number of aromatic nitrogens is 1. The first-order chi connectivity index (χ1) is 16.9. The lowest BCUT2D eigenvalue weighted by Crippen LogP contribution is -2.31. The first-order valence-electron chi connectivity index (χ1n) is 13.0. The van der Waals surface area contributed by atoms with Gasteiger partial charge in [0.1, 0.15) is 23.8 Å². The van der Waals surface area contributed by atoms with Gasteiger partial charge in [0.15, 0.2) is 6.20 Å². The lowest BCUT2D eigenvalue weighted by Gasteiger charge is -2.27. The molecule has 2 nitrogen and oxygen atoms in total. The largest absolute Gasteiger partial charge is 0.459 e. The second kappa shape index (κ2) is 7.86. The van der Waals surface area contributed by atoms with Crippen LogP contribution in [-0.4, -0.2) is 0 Å². The normalized spacial score (nSPS) is 13.7. The Morgan fingerprint density at radius 1 is 0.806 bits per heavy atom. The number of rotatable bonds is 2. The maximum atomic E-state index is 6.59. The second-order valence-corrected chi connectivity index (χ2v) is 14.0. The van der Waals surface area contributed by atoms with Crippen LogP contribution < -0.4 is 4.57 Å². The molecule has 0 radical (unpaired) electrons. The van der Waals surface area contributed by atoms with E-state index in [2.05, 4.69) is 109 Å². The molecule has 0 unspecified atom stereocenters. The molecule has 0 N–H and O–H groups in total. The van der Waals surface area contributed by atoms with Gasteiger partial charge in [0.2, 0.25) is 5.69 Å². The van der Waals surface area contributed by atoms with Crippen LogP contribution in [0.15, 0.2) is 62.9 Å². The number of hydrogen-bond donors (Lipinski definition) is 0. The van der Waals surface area contributed by atoms with Gasteiger partial charge in [0.25, 0.3) is 0 Å². The number of furan rings is 1. The molecular weight excluding hydrogens is 458 g/mol. The van der Waals surface area contributed by atoms with Crippen molar-refractivity contribution in [1.29, 1.82) is 0 Å². The minimum Gasteiger partial charge on any atom is -0.459 e. The van der Waals surface area contributed by atoms with Gasteiger partial charge >= 0.3 is 0 Å². The maximum Gasteiger partial charge on any atom is 0.226 e. The predicted octanol–water partition coefficient (Wildman–Crippen LogP) is 9.18. The van der Waals surface area contributed by atoms with E-state index in [4.69, 9.17) is 4.42 Å². The molecule has 0 fully saturated rings. The molecule has 0 saturated heterocycles. The van der Waals surface area contributed by atoms with E-state index in [1.165, 1.54) is 59.1 Å². The Kier molecular flexibility index (Phi) is 5.15. The van der Waals surface area contributed by atoms with E-state index >= 15 is 0 Å². The Morgan fingerprint density at radius 2 is 1.53 bits per heavy atom. The van der Waals surface area contributed by atoms with E-state index in [0.29, 0.717) is 0 Å². The smallest absolute Gasteiger partial charge is 0.226 e. The molecule has 0 spiro atoms. The van der Waals surface area contributed by atoms with E-state index in [0.717, 1.165) is 24.2 Å². The van der Waals surface area contributed by atoms with Crippen molar-refractivity contribution in [3.63, 3.8) is 0 Å². The highest BCUT2D eigenvalue weighted by Crippen LogP contribution is 2.55. The summed E-state index contributed by atoms with van der Waals surface area (Å²) in [6, 6.07) is 15.7. The summed E-state index contributed by atoms with van der Waals surface area (Å²) in [5, 5.41) is 6.71. The average Bonchev–Trinajstić information content (AvgIpc) is 3.13. The molecule has 0 amide bonds. The fourth-order valence-electron chi connectivity index (χ4n) is 5.96. The Balaban J connectivity index is 1.79. The zero-order valence-corrected chi connectivity index (χ0v) is 23.6. The molecule has 3 heteroatoms. The van der Waals surface area contributed by atoms with Crippen molar-refractivity contribution in [1.82, 2.24) is 0 Å². The molecule has 0 bridgehead atoms. The van der Waals surface area contributed by atoms with Crippen LogP contribution in [0.5, 0.6) is 0 Å². The molecule has 36 heavy (non-hydrogen) atoms. The number of hydrogen-bond acceptors (Lipinski definition) is 2. The number of pyridine rings is 1. The minimum absolute atomic E-state index is 0.153. The molecule has 6 rings (SSSR count). The van der Waals surface area contributed by atoms with Crippen molar-refractivity contribution in [2.75, 3.05) is 0 Å². The van der Waals surface area contributed by atoms with Crippen LogP contribution in [-0.2, 0) is 19.9 Å². The zero-order valence-electron chi connectivity index (χ0n) is 22.8. The van der Waals surface area contributed by atoms with Gasteiger partial charge in [0, 0.05) is 17.4 Å². The van der Waals surface area contributed by atoms with Crippen LogP contribution in [0.4, 0.5) is 0 Å². The summed E-state index contributed by atoms with van der Waals surface area (Å²) < 4.78 is 8.90. The third-order valence-electron chi connectivity index (χ3n) is 7.34. The van der Waals surface area contributed by atoms with Gasteiger partial charge in [-0.1, -0.05) is 89.7 Å². The van der Waals surface area contributed by atoms with Crippen molar-refractivity contribution >= 4 is 44.3 Å². The number of fused-ring (bicyclic) bond motifs is 5. The molecule has 3 heterocycles. The summed E-state index contributed by atoms with van der Waals surface area (Å²) in [6.45, 7) is 16.3. The number of nitrogens with zero attached hydrogens (tertiary/aromatic N) is 1. The van der Waals surface area contributed by atoms with E-state index < -0.39 is 0 Å². The van der Waals surface area contributed by atoms with Crippen molar-refractivity contribution < 1.29 is 8.98 Å². The van der Waals surface area contributed by atoms with Crippen LogP contribution in [0.3, 0.4) is 0 Å². The Morgan fingerprint density at radius 3 is 2.25 bits per heavy atom. The highest BCUT2D eigenvalue weighted by Gasteiger charge is 2.36. The molecule has 5 aromatic rings. The lowest BCUT2D eigenvalue weighted by atomic mass is 9.82. The first kappa shape index (κ1) is 23.6. The summed E-state index contributed by atoms with van der Waals surface area (Å²) >= 11 is 1.95. The minimum atomic E-state index is 0.153. The molecule has 0 saturated carbocycles. The van der Waals surface area contributed by atoms with Crippen molar-refractivity contribution in [3.8, 4) is 11.3 Å². The third kappa shape index (κ3) is 3.66. The summed E-state index contributed by atoms with van der Waals surface area (Å²) in [7, 11) is 2.19. The summed E-state index contributed by atoms with van der Waals surface area (Å²) in [5.74, 6) is 1.12. The summed E-state index contributed by atoms with van der Waals surface area (Å²) in [5.41, 5.74) is 6.84. The fourth-order valence-corrected chi connectivity index (χ4v) is 7.35. The van der Waals surface area contributed by atoms with Crippen LogP contribution in [0, 0.1) is 17.8 Å². The Bertz CT molecular complexity index is 1690. The molecule has 1 aliphatic rings. The SMILES string of the molecule is Cc1c2c(c(CC(C)(C)C)c3ccc4ccccc4c13)Sc1c(CC(C)(C)C)oc3cc[n+](C)c-2c13. The van der Waals surface area contributed by atoms with E-state index in [9.17, 15) is 0 Å². The Labute approximate surface area is 218 Å². The van der Waals surface area contributed by atoms with E-state index in [1.54, 1.807) is 0 Å². The summed E-state index contributed by atoms with van der Waals surface area (Å²) in [6.07, 6.45) is 4.12. The van der Waals surface area contributed by atoms with Crippen LogP contribution in [0.2, 0.25) is 0 Å². The summed E-state index contributed by atoms with van der Waals surface area (Å²) in [4.78, 5) is 2.73. The molecular formula is C33H36NOS+. The molecule has 184 valence electrons. The van der Waals surface area contributed by atoms with E-state index in [-0.39, 0.29) is 10.8 Å². The molecule has 2 aromatic heterocycles. The van der Waals surface area contributed by atoms with Gasteiger partial charge in [-0.3, -0.25) is 0 Å². The maximum absolute atomic E-state index is 6.59. The quantitative estimate of drug-likeness (QED) is 0.176. The Hall–Kier alpha value is -2.78. The van der Waals surface area contributed by atoms with Gasteiger partial charge in [-0.25, -0.2) is 4.57 Å². The van der Waals surface area contributed by atoms with Crippen LogP contribution in [0.25, 0.3) is 43.8 Å². The van der Waals surface area contributed by atoms with Gasteiger partial charge in [0.05, 0.1) is 10.5 Å². The van der Waals surface area contributed by atoms with Crippen LogP contribution >= 0.6 is 11.8 Å². The second-order valence-electron chi connectivity index (χ2n) is 13.0. The average molecular weight is 495 g/mol. The number of aryl methyl sites for hydroxylation is 2.